The van der Waals surface area contributed by atoms with E-state index in [1.807, 2.05) is 0 Å². The number of aromatic nitrogens is 2. The van der Waals surface area contributed by atoms with Crippen molar-refractivity contribution in [2.75, 3.05) is 21.3 Å². The average molecular weight is 481 g/mol. The van der Waals surface area contributed by atoms with Crippen LogP contribution in [-0.2, 0) is 0 Å². The van der Waals surface area contributed by atoms with E-state index in [0.717, 1.165) is 11.1 Å². The Bertz CT molecular complexity index is 1460. The van der Waals surface area contributed by atoms with Crippen molar-refractivity contribution in [1.29, 1.82) is 0 Å². The van der Waals surface area contributed by atoms with E-state index in [1.54, 1.807) is 55.5 Å². The van der Waals surface area contributed by atoms with E-state index in [1.165, 1.54) is 38.0 Å². The van der Waals surface area contributed by atoms with E-state index >= 15 is 0 Å². The SMILES string of the molecule is COc1cc(C=Cc2nc3cc(Cl)ccc3c(=O)n2-c2cc(F)ccc2C)cc(OC)c1OC. The molecule has 0 fully saturated rings. The van der Waals surface area contributed by atoms with Crippen molar-refractivity contribution < 1.29 is 18.6 Å². The summed E-state index contributed by atoms with van der Waals surface area (Å²) in [5.74, 6) is 1.29. The fraction of sp³-hybridized carbons (Fsp3) is 0.154. The third-order valence-corrected chi connectivity index (χ3v) is 5.62. The summed E-state index contributed by atoms with van der Waals surface area (Å²) in [4.78, 5) is 18.1. The van der Waals surface area contributed by atoms with E-state index < -0.39 is 5.82 Å². The number of hydrogen-bond donors (Lipinski definition) is 0. The van der Waals surface area contributed by atoms with Gasteiger partial charge in [0.2, 0.25) is 5.75 Å². The van der Waals surface area contributed by atoms with E-state index in [0.29, 0.717) is 44.7 Å². The maximum Gasteiger partial charge on any atom is 0.266 e. The highest BCUT2D eigenvalue weighted by Crippen LogP contribution is 2.38. The first kappa shape index (κ1) is 23.3. The van der Waals surface area contributed by atoms with E-state index in [2.05, 4.69) is 4.98 Å². The fourth-order valence-electron chi connectivity index (χ4n) is 3.71. The normalized spacial score (nSPS) is 11.2. The topological polar surface area (TPSA) is 62.6 Å². The molecule has 0 aliphatic rings. The second-order valence-electron chi connectivity index (χ2n) is 7.49. The minimum Gasteiger partial charge on any atom is -0.493 e. The van der Waals surface area contributed by atoms with Crippen molar-refractivity contribution in [2.45, 2.75) is 6.92 Å². The summed E-state index contributed by atoms with van der Waals surface area (Å²) in [5.41, 5.74) is 1.95. The first-order chi connectivity index (χ1) is 16.4. The molecule has 0 spiro atoms. The van der Waals surface area contributed by atoms with Crippen LogP contribution in [0.3, 0.4) is 0 Å². The zero-order chi connectivity index (χ0) is 24.4. The van der Waals surface area contributed by atoms with Crippen LogP contribution in [0.4, 0.5) is 4.39 Å². The van der Waals surface area contributed by atoms with Gasteiger partial charge in [-0.25, -0.2) is 9.37 Å². The average Bonchev–Trinajstić information content (AvgIpc) is 2.83. The number of benzene rings is 3. The van der Waals surface area contributed by atoms with Gasteiger partial charge in [-0.05, 0) is 66.6 Å². The smallest absolute Gasteiger partial charge is 0.266 e. The molecule has 6 nitrogen and oxygen atoms in total. The Morgan fingerprint density at radius 1 is 0.941 bits per heavy atom. The highest BCUT2D eigenvalue weighted by Gasteiger charge is 2.15. The number of hydrogen-bond acceptors (Lipinski definition) is 5. The zero-order valence-corrected chi connectivity index (χ0v) is 19.8. The van der Waals surface area contributed by atoms with Crippen molar-refractivity contribution >= 4 is 34.7 Å². The molecule has 0 saturated carbocycles. The maximum atomic E-state index is 14.1. The molecule has 34 heavy (non-hydrogen) atoms. The Balaban J connectivity index is 1.96. The second kappa shape index (κ2) is 9.57. The summed E-state index contributed by atoms with van der Waals surface area (Å²) < 4.78 is 31.7. The maximum absolute atomic E-state index is 14.1. The molecule has 1 heterocycles. The number of nitrogens with zero attached hydrogens (tertiary/aromatic N) is 2. The Kier molecular flexibility index (Phi) is 6.56. The lowest BCUT2D eigenvalue weighted by molar-refractivity contribution is 0.324. The molecule has 0 saturated heterocycles. The van der Waals surface area contributed by atoms with Gasteiger partial charge in [0.1, 0.15) is 11.6 Å². The fourth-order valence-corrected chi connectivity index (χ4v) is 3.88. The molecule has 0 atom stereocenters. The van der Waals surface area contributed by atoms with Crippen LogP contribution in [0.1, 0.15) is 17.0 Å². The Hall–Kier alpha value is -3.84. The van der Waals surface area contributed by atoms with Gasteiger partial charge in [-0.3, -0.25) is 9.36 Å². The van der Waals surface area contributed by atoms with E-state index in [9.17, 15) is 9.18 Å². The molecule has 0 aliphatic carbocycles. The monoisotopic (exact) mass is 480 g/mol. The molecule has 1 aromatic heterocycles. The predicted octanol–water partition coefficient (Wildman–Crippen LogP) is 5.68. The number of fused-ring (bicyclic) bond motifs is 1. The van der Waals surface area contributed by atoms with Crippen LogP contribution in [-0.4, -0.2) is 30.9 Å². The third kappa shape index (κ3) is 4.34. The lowest BCUT2D eigenvalue weighted by atomic mass is 10.1. The van der Waals surface area contributed by atoms with Crippen molar-refractivity contribution in [1.82, 2.24) is 9.55 Å². The van der Waals surface area contributed by atoms with Crippen molar-refractivity contribution in [2.24, 2.45) is 0 Å². The van der Waals surface area contributed by atoms with Gasteiger partial charge < -0.3 is 14.2 Å². The molecule has 8 heteroatoms. The number of halogens is 2. The van der Waals surface area contributed by atoms with Gasteiger partial charge in [0.25, 0.3) is 5.56 Å². The van der Waals surface area contributed by atoms with Crippen LogP contribution in [0, 0.1) is 12.7 Å². The Labute approximate surface area is 200 Å². The zero-order valence-electron chi connectivity index (χ0n) is 19.1. The lowest BCUT2D eigenvalue weighted by Crippen LogP contribution is -2.23. The molecule has 0 unspecified atom stereocenters. The van der Waals surface area contributed by atoms with Gasteiger partial charge >= 0.3 is 0 Å². The molecular formula is C26H22ClFN2O4. The standard InChI is InChI=1S/C26H22ClFN2O4/c1-15-5-8-18(28)14-21(15)30-24(29-20-13-17(27)7-9-19(20)26(30)31)10-6-16-11-22(32-2)25(34-4)23(12-16)33-3/h5-14H,1-4H3. The summed E-state index contributed by atoms with van der Waals surface area (Å²) in [6, 6.07) is 12.7. The van der Waals surface area contributed by atoms with Crippen LogP contribution in [0.2, 0.25) is 5.02 Å². The highest BCUT2D eigenvalue weighted by atomic mass is 35.5. The Morgan fingerprint density at radius 3 is 2.29 bits per heavy atom. The molecule has 0 amide bonds. The molecule has 4 rings (SSSR count). The van der Waals surface area contributed by atoms with E-state index in [-0.39, 0.29) is 5.56 Å². The van der Waals surface area contributed by atoms with Crippen LogP contribution in [0.15, 0.2) is 53.3 Å². The van der Waals surface area contributed by atoms with Gasteiger partial charge in [-0.1, -0.05) is 23.7 Å². The molecule has 4 aromatic rings. The van der Waals surface area contributed by atoms with Gasteiger partial charge in [0.05, 0.1) is 37.9 Å². The van der Waals surface area contributed by atoms with Crippen molar-refractivity contribution in [3.63, 3.8) is 0 Å². The first-order valence-electron chi connectivity index (χ1n) is 10.3. The Morgan fingerprint density at radius 2 is 1.65 bits per heavy atom. The minimum absolute atomic E-state index is 0.308. The lowest BCUT2D eigenvalue weighted by Gasteiger charge is -2.15. The van der Waals surface area contributed by atoms with Gasteiger partial charge in [-0.15, -0.1) is 0 Å². The van der Waals surface area contributed by atoms with Crippen molar-refractivity contribution in [3.8, 4) is 22.9 Å². The van der Waals surface area contributed by atoms with Gasteiger partial charge in [-0.2, -0.15) is 0 Å². The molecule has 0 aliphatic heterocycles. The van der Waals surface area contributed by atoms with Crippen LogP contribution >= 0.6 is 11.6 Å². The number of rotatable bonds is 6. The minimum atomic E-state index is -0.455. The number of aryl methyl sites for hydroxylation is 1. The largest absolute Gasteiger partial charge is 0.493 e. The van der Waals surface area contributed by atoms with Crippen molar-refractivity contribution in [3.05, 3.63) is 86.7 Å². The summed E-state index contributed by atoms with van der Waals surface area (Å²) in [5, 5.41) is 0.830. The van der Waals surface area contributed by atoms with Gasteiger partial charge in [0.15, 0.2) is 11.5 Å². The predicted molar refractivity (Wildman–Crippen MR) is 132 cm³/mol. The molecule has 0 N–H and O–H groups in total. The van der Waals surface area contributed by atoms with Crippen LogP contribution in [0.5, 0.6) is 17.2 Å². The highest BCUT2D eigenvalue weighted by molar-refractivity contribution is 6.31. The molecule has 0 radical (unpaired) electrons. The summed E-state index contributed by atoms with van der Waals surface area (Å²) in [7, 11) is 4.59. The first-order valence-corrected chi connectivity index (χ1v) is 10.7. The van der Waals surface area contributed by atoms with Gasteiger partial charge in [0, 0.05) is 5.02 Å². The van der Waals surface area contributed by atoms with Crippen LogP contribution in [0.25, 0.3) is 28.7 Å². The molecule has 3 aromatic carbocycles. The van der Waals surface area contributed by atoms with E-state index in [4.69, 9.17) is 25.8 Å². The summed E-state index contributed by atoms with van der Waals surface area (Å²) in [6.07, 6.45) is 3.43. The molecular weight excluding hydrogens is 459 g/mol. The van der Waals surface area contributed by atoms with Crippen LogP contribution < -0.4 is 19.8 Å². The summed E-state index contributed by atoms with van der Waals surface area (Å²) >= 11 is 6.14. The molecule has 0 bridgehead atoms. The number of ether oxygens (including phenoxy) is 3. The second-order valence-corrected chi connectivity index (χ2v) is 7.93. The number of methoxy groups -OCH3 is 3. The summed E-state index contributed by atoms with van der Waals surface area (Å²) in [6.45, 7) is 1.81. The quantitative estimate of drug-likeness (QED) is 0.355. The molecule has 174 valence electrons. The third-order valence-electron chi connectivity index (χ3n) is 5.38.